The highest BCUT2D eigenvalue weighted by molar-refractivity contribution is 5.57. The number of aromatic nitrogens is 3. The van der Waals surface area contributed by atoms with Crippen molar-refractivity contribution in [3.63, 3.8) is 0 Å². The Hall–Kier alpha value is -1.39. The van der Waals surface area contributed by atoms with Crippen molar-refractivity contribution in [1.82, 2.24) is 19.7 Å². The van der Waals surface area contributed by atoms with Crippen molar-refractivity contribution in [2.75, 3.05) is 14.1 Å². The Morgan fingerprint density at radius 1 is 1.64 bits per heavy atom. The molecule has 11 heavy (non-hydrogen) atoms. The highest BCUT2D eigenvalue weighted by Gasteiger charge is 1.93. The highest BCUT2D eigenvalue weighted by Crippen LogP contribution is 2.00. The van der Waals surface area contributed by atoms with Gasteiger partial charge in [-0.1, -0.05) is 0 Å². The molecule has 60 valence electrons. The lowest BCUT2D eigenvalue weighted by Gasteiger charge is -2.00. The molecule has 0 radical (unpaired) electrons. The van der Waals surface area contributed by atoms with Gasteiger partial charge in [0.25, 0.3) is 0 Å². The molecule has 5 heteroatoms. The average Bonchev–Trinajstić information content (AvgIpc) is 2.31. The fraction of sp³-hybridized carbons (Fsp3) is 0.500. The number of rotatable bonds is 2. The van der Waals surface area contributed by atoms with Gasteiger partial charge in [0.05, 0.1) is 6.34 Å². The smallest absolute Gasteiger partial charge is 0.248 e. The van der Waals surface area contributed by atoms with Crippen LogP contribution in [0.2, 0.25) is 0 Å². The number of hydrogen-bond donors (Lipinski definition) is 0. The lowest BCUT2D eigenvalue weighted by molar-refractivity contribution is 0.641. The van der Waals surface area contributed by atoms with E-state index in [1.807, 2.05) is 19.0 Å². The molecule has 0 atom stereocenters. The minimum atomic E-state index is 0.610. The molecule has 1 rings (SSSR count). The van der Waals surface area contributed by atoms with Crippen molar-refractivity contribution in [2.45, 2.75) is 0 Å². The van der Waals surface area contributed by atoms with Gasteiger partial charge in [0.15, 0.2) is 0 Å². The van der Waals surface area contributed by atoms with Crippen molar-refractivity contribution in [1.29, 1.82) is 0 Å². The molecular formula is C6H11N5. The van der Waals surface area contributed by atoms with Crippen LogP contribution < -0.4 is 0 Å². The molecule has 0 saturated carbocycles. The summed E-state index contributed by atoms with van der Waals surface area (Å²) >= 11 is 0. The third-order valence-electron chi connectivity index (χ3n) is 1.09. The number of hydrogen-bond acceptors (Lipinski definition) is 3. The molecule has 0 N–H and O–H groups in total. The van der Waals surface area contributed by atoms with E-state index < -0.39 is 0 Å². The second-order valence-electron chi connectivity index (χ2n) is 2.39. The van der Waals surface area contributed by atoms with Gasteiger partial charge in [-0.15, -0.1) is 0 Å². The summed E-state index contributed by atoms with van der Waals surface area (Å²) in [7, 11) is 5.61. The first-order chi connectivity index (χ1) is 5.20. The Morgan fingerprint density at radius 3 is 2.82 bits per heavy atom. The first kappa shape index (κ1) is 7.71. The van der Waals surface area contributed by atoms with Crippen LogP contribution in [0.1, 0.15) is 0 Å². The largest absolute Gasteiger partial charge is 0.369 e. The summed E-state index contributed by atoms with van der Waals surface area (Å²) in [6.07, 6.45) is 3.16. The first-order valence-corrected chi connectivity index (χ1v) is 3.25. The van der Waals surface area contributed by atoms with Gasteiger partial charge in [-0.25, -0.2) is 9.67 Å². The monoisotopic (exact) mass is 153 g/mol. The highest BCUT2D eigenvalue weighted by atomic mass is 15.4. The molecule has 1 aromatic rings. The fourth-order valence-electron chi connectivity index (χ4n) is 0.574. The van der Waals surface area contributed by atoms with Gasteiger partial charge in [0.1, 0.15) is 6.33 Å². The first-order valence-electron chi connectivity index (χ1n) is 3.25. The van der Waals surface area contributed by atoms with E-state index >= 15 is 0 Å². The molecule has 0 fully saturated rings. The molecule has 0 aliphatic rings. The summed E-state index contributed by atoms with van der Waals surface area (Å²) in [6, 6.07) is 0. The van der Waals surface area contributed by atoms with Gasteiger partial charge in [-0.2, -0.15) is 10.1 Å². The number of aliphatic imine (C=N–C) groups is 1. The molecule has 0 aromatic carbocycles. The average molecular weight is 153 g/mol. The van der Waals surface area contributed by atoms with E-state index in [-0.39, 0.29) is 0 Å². The maximum atomic E-state index is 4.06. The standard InChI is InChI=1S/C6H11N5/c1-10(2)5-8-6-7-4-9-11(6)3/h4-5H,1-3H3/b8-5+. The Bertz CT molecular complexity index is 249. The van der Waals surface area contributed by atoms with Crippen molar-refractivity contribution >= 4 is 12.3 Å². The van der Waals surface area contributed by atoms with Crippen LogP contribution >= 0.6 is 0 Å². The van der Waals surface area contributed by atoms with Gasteiger partial charge in [0.2, 0.25) is 5.95 Å². The molecule has 1 heterocycles. The van der Waals surface area contributed by atoms with Crippen LogP contribution in [-0.2, 0) is 7.05 Å². The van der Waals surface area contributed by atoms with Gasteiger partial charge < -0.3 is 4.90 Å². The Kier molecular flexibility index (Phi) is 2.20. The fourth-order valence-corrected chi connectivity index (χ4v) is 0.574. The molecule has 0 unspecified atom stereocenters. The number of aryl methyl sites for hydroxylation is 1. The molecule has 5 nitrogen and oxygen atoms in total. The van der Waals surface area contributed by atoms with Crippen LogP contribution in [0.25, 0.3) is 0 Å². The van der Waals surface area contributed by atoms with E-state index in [4.69, 9.17) is 0 Å². The predicted octanol–water partition coefficient (Wildman–Crippen LogP) is 0.0365. The zero-order valence-electron chi connectivity index (χ0n) is 6.89. The summed E-state index contributed by atoms with van der Waals surface area (Å²) in [5.74, 6) is 0.610. The van der Waals surface area contributed by atoms with Crippen molar-refractivity contribution in [3.05, 3.63) is 6.33 Å². The summed E-state index contributed by atoms with van der Waals surface area (Å²) in [6.45, 7) is 0. The van der Waals surface area contributed by atoms with Gasteiger partial charge in [-0.3, -0.25) is 0 Å². The molecule has 0 aliphatic carbocycles. The van der Waals surface area contributed by atoms with Crippen molar-refractivity contribution in [3.8, 4) is 0 Å². The maximum Gasteiger partial charge on any atom is 0.248 e. The summed E-state index contributed by atoms with van der Waals surface area (Å²) in [5.41, 5.74) is 0. The van der Waals surface area contributed by atoms with Crippen LogP contribution in [0.15, 0.2) is 11.3 Å². The zero-order valence-corrected chi connectivity index (χ0v) is 6.89. The van der Waals surface area contributed by atoms with Gasteiger partial charge in [-0.05, 0) is 0 Å². The van der Waals surface area contributed by atoms with Crippen LogP contribution in [0, 0.1) is 0 Å². The van der Waals surface area contributed by atoms with Crippen LogP contribution in [0.5, 0.6) is 0 Å². The summed E-state index contributed by atoms with van der Waals surface area (Å²) in [5, 5.41) is 3.87. The normalized spacial score (nSPS) is 10.8. The molecular weight excluding hydrogens is 142 g/mol. The minimum Gasteiger partial charge on any atom is -0.369 e. The van der Waals surface area contributed by atoms with Gasteiger partial charge >= 0.3 is 0 Å². The Balaban J connectivity index is 2.71. The number of nitrogens with zero attached hydrogens (tertiary/aromatic N) is 5. The van der Waals surface area contributed by atoms with E-state index in [0.29, 0.717) is 5.95 Å². The third-order valence-corrected chi connectivity index (χ3v) is 1.09. The van der Waals surface area contributed by atoms with E-state index in [9.17, 15) is 0 Å². The predicted molar refractivity (Wildman–Crippen MR) is 42.8 cm³/mol. The van der Waals surface area contributed by atoms with Crippen molar-refractivity contribution in [2.24, 2.45) is 12.0 Å². The quantitative estimate of drug-likeness (QED) is 0.445. The molecule has 1 aromatic heterocycles. The van der Waals surface area contributed by atoms with Gasteiger partial charge in [0, 0.05) is 21.1 Å². The van der Waals surface area contributed by atoms with E-state index in [2.05, 4.69) is 15.1 Å². The molecule has 0 aliphatic heterocycles. The zero-order chi connectivity index (χ0) is 8.27. The minimum absolute atomic E-state index is 0.610. The van der Waals surface area contributed by atoms with E-state index in [1.54, 1.807) is 18.1 Å². The lowest BCUT2D eigenvalue weighted by Crippen LogP contribution is -2.07. The van der Waals surface area contributed by atoms with Crippen LogP contribution in [-0.4, -0.2) is 40.1 Å². The lowest BCUT2D eigenvalue weighted by atomic mass is 10.9. The molecule has 0 bridgehead atoms. The van der Waals surface area contributed by atoms with E-state index in [0.717, 1.165) is 0 Å². The Labute approximate surface area is 65.4 Å². The molecule has 0 spiro atoms. The molecule has 0 amide bonds. The maximum absolute atomic E-state index is 4.06. The Morgan fingerprint density at radius 2 is 2.36 bits per heavy atom. The van der Waals surface area contributed by atoms with Crippen LogP contribution in [0.4, 0.5) is 5.95 Å². The van der Waals surface area contributed by atoms with Crippen molar-refractivity contribution < 1.29 is 0 Å². The summed E-state index contributed by atoms with van der Waals surface area (Å²) < 4.78 is 1.61. The molecule has 0 saturated heterocycles. The SMILES string of the molecule is CN(C)/C=N/c1ncnn1C. The summed E-state index contributed by atoms with van der Waals surface area (Å²) in [4.78, 5) is 9.81. The topological polar surface area (TPSA) is 46.3 Å². The second kappa shape index (κ2) is 3.14. The third kappa shape index (κ3) is 2.03. The van der Waals surface area contributed by atoms with E-state index in [1.165, 1.54) is 6.33 Å². The second-order valence-corrected chi connectivity index (χ2v) is 2.39. The van der Waals surface area contributed by atoms with Crippen LogP contribution in [0.3, 0.4) is 0 Å².